The molecule has 2 aliphatic heterocycles. The minimum Gasteiger partial charge on any atom is -0.411 e. The van der Waals surface area contributed by atoms with Gasteiger partial charge in [0.25, 0.3) is 5.91 Å². The molecule has 1 N–H and O–H groups in total. The Balaban J connectivity index is 1.85. The highest BCUT2D eigenvalue weighted by Crippen LogP contribution is 2.17. The second kappa shape index (κ2) is 5.30. The number of carbonyl (C=O) groups excluding carboxylic acids is 1. The molecule has 0 bridgehead atoms. The van der Waals surface area contributed by atoms with Gasteiger partial charge in [-0.3, -0.25) is 4.79 Å². The summed E-state index contributed by atoms with van der Waals surface area (Å²) in [5.41, 5.74) is 0.786. The fourth-order valence-corrected chi connectivity index (χ4v) is 2.22. The lowest BCUT2D eigenvalue weighted by atomic mass is 10.0. The minimum atomic E-state index is -0.235. The van der Waals surface area contributed by atoms with Crippen molar-refractivity contribution in [2.24, 2.45) is 5.16 Å². The molecule has 2 heterocycles. The fraction of sp³-hybridized carbons (Fsp3) is 0.818. The predicted molar refractivity (Wildman–Crippen MR) is 58.6 cm³/mol. The van der Waals surface area contributed by atoms with Crippen molar-refractivity contribution in [1.29, 1.82) is 0 Å². The summed E-state index contributed by atoms with van der Waals surface area (Å²) in [7, 11) is 0. The van der Waals surface area contributed by atoms with E-state index < -0.39 is 0 Å². The molecule has 16 heavy (non-hydrogen) atoms. The van der Waals surface area contributed by atoms with Crippen LogP contribution in [0.3, 0.4) is 0 Å². The van der Waals surface area contributed by atoms with E-state index in [4.69, 9.17) is 9.94 Å². The molecule has 0 radical (unpaired) electrons. The quantitative estimate of drug-likeness (QED) is 0.536. The van der Waals surface area contributed by atoms with E-state index in [0.29, 0.717) is 32.5 Å². The lowest BCUT2D eigenvalue weighted by Crippen LogP contribution is -2.45. The Kier molecular flexibility index (Phi) is 3.77. The van der Waals surface area contributed by atoms with E-state index in [9.17, 15) is 4.79 Å². The Bertz CT molecular complexity index is 275. The number of likely N-dealkylation sites (tertiary alicyclic amines) is 1. The lowest BCUT2D eigenvalue weighted by molar-refractivity contribution is -0.146. The van der Waals surface area contributed by atoms with Crippen molar-refractivity contribution in [3.8, 4) is 0 Å². The predicted octanol–water partition coefficient (Wildman–Crippen LogP) is 1.01. The molecule has 5 heteroatoms. The van der Waals surface area contributed by atoms with Crippen molar-refractivity contribution >= 4 is 11.6 Å². The zero-order chi connectivity index (χ0) is 11.4. The van der Waals surface area contributed by atoms with Crippen LogP contribution in [0.15, 0.2) is 5.16 Å². The van der Waals surface area contributed by atoms with Crippen molar-refractivity contribution < 1.29 is 14.7 Å². The first kappa shape index (κ1) is 11.4. The van der Waals surface area contributed by atoms with Crippen molar-refractivity contribution in [2.45, 2.75) is 38.2 Å². The summed E-state index contributed by atoms with van der Waals surface area (Å²) in [5, 5.41) is 11.8. The highest BCUT2D eigenvalue weighted by molar-refractivity contribution is 5.88. The first-order valence-corrected chi connectivity index (χ1v) is 5.91. The molecular formula is C11H18N2O3. The summed E-state index contributed by atoms with van der Waals surface area (Å²) in [4.78, 5) is 13.9. The standard InChI is InChI=1S/C11H18N2O3/c14-11(10-3-1-2-8-16-10)13-6-4-9(12-15)5-7-13/h10,15H,1-8H2. The normalized spacial score (nSPS) is 26.6. The third kappa shape index (κ3) is 2.52. The van der Waals surface area contributed by atoms with Crippen LogP contribution in [0.5, 0.6) is 0 Å². The number of amides is 1. The Hall–Kier alpha value is -1.10. The summed E-state index contributed by atoms with van der Waals surface area (Å²) in [6, 6.07) is 0. The SMILES string of the molecule is O=C(C1CCCCO1)N1CCC(=NO)CC1. The second-order valence-electron chi connectivity index (χ2n) is 4.35. The fourth-order valence-electron chi connectivity index (χ4n) is 2.22. The molecule has 0 saturated carbocycles. The van der Waals surface area contributed by atoms with Crippen LogP contribution in [0.2, 0.25) is 0 Å². The average Bonchev–Trinajstić information content (AvgIpc) is 2.39. The lowest BCUT2D eigenvalue weighted by Gasteiger charge is -2.32. The maximum absolute atomic E-state index is 12.0. The van der Waals surface area contributed by atoms with E-state index in [1.165, 1.54) is 0 Å². The van der Waals surface area contributed by atoms with Gasteiger partial charge >= 0.3 is 0 Å². The van der Waals surface area contributed by atoms with E-state index >= 15 is 0 Å². The van der Waals surface area contributed by atoms with E-state index in [1.807, 2.05) is 4.90 Å². The Morgan fingerprint density at radius 1 is 1.38 bits per heavy atom. The number of carbonyl (C=O) groups is 1. The van der Waals surface area contributed by atoms with Gasteiger partial charge in [-0.25, -0.2) is 0 Å². The topological polar surface area (TPSA) is 62.1 Å². The van der Waals surface area contributed by atoms with Crippen LogP contribution in [0.25, 0.3) is 0 Å². The molecule has 2 saturated heterocycles. The third-order valence-corrected chi connectivity index (χ3v) is 3.25. The van der Waals surface area contributed by atoms with Gasteiger partial charge in [0.1, 0.15) is 6.10 Å². The minimum absolute atomic E-state index is 0.108. The van der Waals surface area contributed by atoms with E-state index in [1.54, 1.807) is 0 Å². The molecule has 0 aromatic rings. The highest BCUT2D eigenvalue weighted by Gasteiger charge is 2.28. The number of ether oxygens (including phenoxy) is 1. The number of oxime groups is 1. The Labute approximate surface area is 95.1 Å². The summed E-state index contributed by atoms with van der Waals surface area (Å²) in [5.74, 6) is 0.108. The van der Waals surface area contributed by atoms with Crippen molar-refractivity contribution in [3.63, 3.8) is 0 Å². The molecule has 5 nitrogen and oxygen atoms in total. The zero-order valence-corrected chi connectivity index (χ0v) is 9.39. The molecule has 1 unspecified atom stereocenters. The summed E-state index contributed by atoms with van der Waals surface area (Å²) in [6.45, 7) is 2.00. The van der Waals surface area contributed by atoms with E-state index in [0.717, 1.165) is 25.0 Å². The first-order chi connectivity index (χ1) is 7.81. The Morgan fingerprint density at radius 2 is 2.12 bits per heavy atom. The van der Waals surface area contributed by atoms with Crippen LogP contribution < -0.4 is 0 Å². The van der Waals surface area contributed by atoms with Gasteiger partial charge < -0.3 is 14.8 Å². The van der Waals surface area contributed by atoms with Crippen molar-refractivity contribution in [1.82, 2.24) is 4.90 Å². The van der Waals surface area contributed by atoms with Crippen molar-refractivity contribution in [2.75, 3.05) is 19.7 Å². The molecule has 1 amide bonds. The monoisotopic (exact) mass is 226 g/mol. The summed E-state index contributed by atoms with van der Waals surface area (Å²) in [6.07, 6.45) is 4.10. The van der Waals surface area contributed by atoms with E-state index in [2.05, 4.69) is 5.16 Å². The molecule has 2 rings (SSSR count). The van der Waals surface area contributed by atoms with Crippen LogP contribution in [0.4, 0.5) is 0 Å². The molecule has 90 valence electrons. The summed E-state index contributed by atoms with van der Waals surface area (Å²) < 4.78 is 5.48. The van der Waals surface area contributed by atoms with Gasteiger partial charge in [-0.2, -0.15) is 0 Å². The average molecular weight is 226 g/mol. The number of hydrogen-bond acceptors (Lipinski definition) is 4. The molecule has 0 aromatic heterocycles. The molecule has 0 spiro atoms. The van der Waals surface area contributed by atoms with Crippen LogP contribution in [-0.2, 0) is 9.53 Å². The van der Waals surface area contributed by atoms with Gasteiger partial charge in [0.05, 0.1) is 5.71 Å². The number of piperidine rings is 1. The smallest absolute Gasteiger partial charge is 0.251 e. The molecule has 2 fully saturated rings. The Morgan fingerprint density at radius 3 is 2.69 bits per heavy atom. The van der Waals surface area contributed by atoms with Gasteiger partial charge in [0.15, 0.2) is 0 Å². The van der Waals surface area contributed by atoms with Crippen molar-refractivity contribution in [3.05, 3.63) is 0 Å². The van der Waals surface area contributed by atoms with Gasteiger partial charge in [-0.1, -0.05) is 5.16 Å². The van der Waals surface area contributed by atoms with E-state index in [-0.39, 0.29) is 12.0 Å². The largest absolute Gasteiger partial charge is 0.411 e. The van der Waals surface area contributed by atoms with Gasteiger partial charge in [0.2, 0.25) is 0 Å². The molecule has 0 aromatic carbocycles. The van der Waals surface area contributed by atoms with Crippen LogP contribution in [0.1, 0.15) is 32.1 Å². The molecular weight excluding hydrogens is 208 g/mol. The van der Waals surface area contributed by atoms with Gasteiger partial charge in [0, 0.05) is 32.5 Å². The second-order valence-corrected chi connectivity index (χ2v) is 4.35. The summed E-state index contributed by atoms with van der Waals surface area (Å²) >= 11 is 0. The third-order valence-electron chi connectivity index (χ3n) is 3.25. The number of rotatable bonds is 1. The number of nitrogens with zero attached hydrogens (tertiary/aromatic N) is 2. The first-order valence-electron chi connectivity index (χ1n) is 5.91. The van der Waals surface area contributed by atoms with Gasteiger partial charge in [-0.05, 0) is 19.3 Å². The highest BCUT2D eigenvalue weighted by atomic mass is 16.5. The zero-order valence-electron chi connectivity index (χ0n) is 9.39. The maximum atomic E-state index is 12.0. The molecule has 1 atom stereocenters. The molecule has 2 aliphatic rings. The van der Waals surface area contributed by atoms with Crippen LogP contribution in [-0.4, -0.2) is 47.5 Å². The van der Waals surface area contributed by atoms with Crippen LogP contribution in [0, 0.1) is 0 Å². The molecule has 0 aliphatic carbocycles. The van der Waals surface area contributed by atoms with Crippen LogP contribution >= 0.6 is 0 Å². The number of hydrogen-bond donors (Lipinski definition) is 1. The van der Waals surface area contributed by atoms with Gasteiger partial charge in [-0.15, -0.1) is 0 Å². The maximum Gasteiger partial charge on any atom is 0.251 e.